The molecule has 2 aromatic carbocycles. The molecule has 4 rings (SSSR count). The van der Waals surface area contributed by atoms with Crippen LogP contribution in [0.2, 0.25) is 0 Å². The Morgan fingerprint density at radius 3 is 2.39 bits per heavy atom. The van der Waals surface area contributed by atoms with Gasteiger partial charge in [-0.1, -0.05) is 0 Å². The lowest BCUT2D eigenvalue weighted by atomic mass is 10.0. The molecule has 0 saturated carbocycles. The van der Waals surface area contributed by atoms with Crippen molar-refractivity contribution in [2.45, 2.75) is 46.0 Å². The highest BCUT2D eigenvalue weighted by atomic mass is 19.1. The van der Waals surface area contributed by atoms with Crippen molar-refractivity contribution >= 4 is 22.6 Å². The first-order chi connectivity index (χ1) is 14.7. The Morgan fingerprint density at radius 2 is 1.81 bits per heavy atom. The van der Waals surface area contributed by atoms with E-state index in [9.17, 15) is 14.3 Å². The number of carboxylic acids is 1. The summed E-state index contributed by atoms with van der Waals surface area (Å²) in [4.78, 5) is 14.3. The highest BCUT2D eigenvalue weighted by Crippen LogP contribution is 2.41. The third-order valence-electron chi connectivity index (χ3n) is 5.21. The molecule has 0 spiro atoms. The Balaban J connectivity index is 1.91. The van der Waals surface area contributed by atoms with E-state index in [2.05, 4.69) is 4.90 Å². The van der Waals surface area contributed by atoms with Gasteiger partial charge >= 0.3 is 5.97 Å². The maximum Gasteiger partial charge on any atom is 0.340 e. The van der Waals surface area contributed by atoms with Gasteiger partial charge < -0.3 is 23.9 Å². The third kappa shape index (κ3) is 4.23. The van der Waals surface area contributed by atoms with E-state index >= 15 is 0 Å². The number of carboxylic acid groups (broad SMARTS) is 1. The molecule has 1 aliphatic heterocycles. The van der Waals surface area contributed by atoms with E-state index in [1.165, 1.54) is 24.3 Å². The maximum atomic E-state index is 13.4. The van der Waals surface area contributed by atoms with Crippen LogP contribution in [-0.4, -0.2) is 42.5 Å². The second kappa shape index (κ2) is 8.23. The molecule has 1 aliphatic rings. The van der Waals surface area contributed by atoms with Gasteiger partial charge in [-0.3, -0.25) is 0 Å². The molecule has 0 radical (unpaired) electrons. The summed E-state index contributed by atoms with van der Waals surface area (Å²) in [6.07, 6.45) is 0.00319. The summed E-state index contributed by atoms with van der Waals surface area (Å²) in [6.45, 7) is 9.26. The molecule has 164 valence electrons. The second-order valence-electron chi connectivity index (χ2n) is 8.26. The van der Waals surface area contributed by atoms with Crippen LogP contribution in [0, 0.1) is 5.82 Å². The van der Waals surface area contributed by atoms with Crippen molar-refractivity contribution in [3.8, 4) is 17.1 Å². The highest BCUT2D eigenvalue weighted by Gasteiger charge is 2.28. The van der Waals surface area contributed by atoms with Crippen LogP contribution in [0.15, 0.2) is 40.8 Å². The number of anilines is 1. The average molecular weight is 427 g/mol. The number of ether oxygens (including phenoxy) is 2. The summed E-state index contributed by atoms with van der Waals surface area (Å²) in [7, 11) is 0. The average Bonchev–Trinajstić information content (AvgIpc) is 3.05. The predicted molar refractivity (Wildman–Crippen MR) is 117 cm³/mol. The molecule has 1 saturated heterocycles. The Morgan fingerprint density at radius 1 is 1.16 bits per heavy atom. The molecular weight excluding hydrogens is 401 g/mol. The SMILES string of the molecule is CC(C)Oc1cc2c(C(=O)O)c(-c3ccc(F)cc3)oc2cc1N1CC(C)OC(C)C1. The van der Waals surface area contributed by atoms with Gasteiger partial charge in [0.05, 0.1) is 24.0 Å². The minimum absolute atomic E-state index is 0.0328. The standard InChI is InChI=1S/C24H26FNO5/c1-13(2)29-21-9-18-20(10-19(21)26-11-14(3)30-15(4)12-26)31-23(22(18)24(27)28)16-5-7-17(25)8-6-16/h5-10,13-15H,11-12H2,1-4H3,(H,27,28). The van der Waals surface area contributed by atoms with E-state index < -0.39 is 11.8 Å². The van der Waals surface area contributed by atoms with Crippen LogP contribution in [0.5, 0.6) is 5.75 Å². The second-order valence-corrected chi connectivity index (χ2v) is 8.26. The van der Waals surface area contributed by atoms with Crippen molar-refractivity contribution < 1.29 is 28.2 Å². The number of hydrogen-bond donors (Lipinski definition) is 1. The van der Waals surface area contributed by atoms with E-state index in [4.69, 9.17) is 13.9 Å². The van der Waals surface area contributed by atoms with E-state index in [0.29, 0.717) is 35.4 Å². The normalized spacial score (nSPS) is 19.2. The van der Waals surface area contributed by atoms with Gasteiger partial charge in [0.1, 0.15) is 28.5 Å². The maximum absolute atomic E-state index is 13.4. The minimum atomic E-state index is -1.12. The van der Waals surface area contributed by atoms with Crippen molar-refractivity contribution in [3.05, 3.63) is 47.8 Å². The molecule has 3 aromatic rings. The number of halogens is 1. The van der Waals surface area contributed by atoms with Gasteiger partial charge in [-0.05, 0) is 58.0 Å². The number of furan rings is 1. The summed E-state index contributed by atoms with van der Waals surface area (Å²) < 4.78 is 31.3. The van der Waals surface area contributed by atoms with Gasteiger partial charge in [-0.25, -0.2) is 9.18 Å². The molecule has 2 heterocycles. The summed E-state index contributed by atoms with van der Waals surface area (Å²) in [6, 6.07) is 9.15. The highest BCUT2D eigenvalue weighted by molar-refractivity contribution is 6.09. The number of aromatic carboxylic acids is 1. The van der Waals surface area contributed by atoms with Crippen molar-refractivity contribution in [1.82, 2.24) is 0 Å². The molecule has 31 heavy (non-hydrogen) atoms. The number of carbonyl (C=O) groups is 1. The van der Waals surface area contributed by atoms with Crippen LogP contribution < -0.4 is 9.64 Å². The molecule has 0 amide bonds. The Hall–Kier alpha value is -3.06. The molecule has 1 fully saturated rings. The molecule has 2 unspecified atom stereocenters. The largest absolute Gasteiger partial charge is 0.489 e. The zero-order valence-electron chi connectivity index (χ0n) is 18.0. The van der Waals surface area contributed by atoms with Crippen LogP contribution in [0.25, 0.3) is 22.3 Å². The van der Waals surface area contributed by atoms with E-state index in [1.54, 1.807) is 6.07 Å². The lowest BCUT2D eigenvalue weighted by molar-refractivity contribution is -0.00538. The van der Waals surface area contributed by atoms with Crippen LogP contribution >= 0.6 is 0 Å². The van der Waals surface area contributed by atoms with Gasteiger partial charge in [0.25, 0.3) is 0 Å². The van der Waals surface area contributed by atoms with Gasteiger partial charge in [-0.2, -0.15) is 0 Å². The Bertz CT molecular complexity index is 1100. The molecule has 0 aliphatic carbocycles. The minimum Gasteiger partial charge on any atom is -0.489 e. The summed E-state index contributed by atoms with van der Waals surface area (Å²) >= 11 is 0. The molecule has 7 heteroatoms. The first-order valence-electron chi connectivity index (χ1n) is 10.4. The van der Waals surface area contributed by atoms with Crippen LogP contribution in [-0.2, 0) is 4.74 Å². The summed E-state index contributed by atoms with van der Waals surface area (Å²) in [5.41, 5.74) is 1.80. The topological polar surface area (TPSA) is 72.1 Å². The molecular formula is C24H26FNO5. The number of morpholine rings is 1. The molecule has 6 nitrogen and oxygen atoms in total. The lowest BCUT2D eigenvalue weighted by Gasteiger charge is -2.37. The lowest BCUT2D eigenvalue weighted by Crippen LogP contribution is -2.45. The van der Waals surface area contributed by atoms with Crippen molar-refractivity contribution in [2.75, 3.05) is 18.0 Å². The van der Waals surface area contributed by atoms with Crippen molar-refractivity contribution in [1.29, 1.82) is 0 Å². The number of rotatable bonds is 5. The van der Waals surface area contributed by atoms with Crippen LogP contribution in [0.4, 0.5) is 10.1 Å². The zero-order chi connectivity index (χ0) is 22.3. The van der Waals surface area contributed by atoms with Crippen LogP contribution in [0.1, 0.15) is 38.1 Å². The molecule has 1 aromatic heterocycles. The van der Waals surface area contributed by atoms with E-state index in [1.807, 2.05) is 33.8 Å². The van der Waals surface area contributed by atoms with E-state index in [0.717, 1.165) is 5.69 Å². The molecule has 0 bridgehead atoms. The fraction of sp³-hybridized carbons (Fsp3) is 0.375. The van der Waals surface area contributed by atoms with E-state index in [-0.39, 0.29) is 29.6 Å². The predicted octanol–water partition coefficient (Wildman–Crippen LogP) is 5.34. The van der Waals surface area contributed by atoms with Gasteiger partial charge in [0, 0.05) is 30.1 Å². The summed E-state index contributed by atoms with van der Waals surface area (Å²) in [5.74, 6) is -0.728. The number of fused-ring (bicyclic) bond motifs is 1. The van der Waals surface area contributed by atoms with Gasteiger partial charge in [0.2, 0.25) is 0 Å². The Kier molecular flexibility index (Phi) is 5.62. The van der Waals surface area contributed by atoms with Crippen LogP contribution in [0.3, 0.4) is 0 Å². The quantitative estimate of drug-likeness (QED) is 0.593. The summed E-state index contributed by atoms with van der Waals surface area (Å²) in [5, 5.41) is 10.4. The van der Waals surface area contributed by atoms with Gasteiger partial charge in [-0.15, -0.1) is 0 Å². The van der Waals surface area contributed by atoms with Crippen molar-refractivity contribution in [3.63, 3.8) is 0 Å². The number of hydrogen-bond acceptors (Lipinski definition) is 5. The molecule has 1 N–H and O–H groups in total. The monoisotopic (exact) mass is 427 g/mol. The zero-order valence-corrected chi connectivity index (χ0v) is 18.0. The van der Waals surface area contributed by atoms with Gasteiger partial charge in [0.15, 0.2) is 0 Å². The first-order valence-corrected chi connectivity index (χ1v) is 10.4. The number of benzene rings is 2. The first kappa shape index (κ1) is 21.2. The molecule has 2 atom stereocenters. The smallest absolute Gasteiger partial charge is 0.340 e. The van der Waals surface area contributed by atoms with Crippen molar-refractivity contribution in [2.24, 2.45) is 0 Å². The Labute approximate surface area is 180 Å². The third-order valence-corrected chi connectivity index (χ3v) is 5.21. The fourth-order valence-electron chi connectivity index (χ4n) is 4.10. The fourth-order valence-corrected chi connectivity index (χ4v) is 4.10. The number of nitrogens with zero attached hydrogens (tertiary/aromatic N) is 1.